The first-order chi connectivity index (χ1) is 11.9. The summed E-state index contributed by atoms with van der Waals surface area (Å²) in [4.78, 5) is 15.2. The van der Waals surface area contributed by atoms with Gasteiger partial charge in [-0.2, -0.15) is 5.26 Å². The Morgan fingerprint density at radius 2 is 1.80 bits per heavy atom. The Balaban J connectivity index is 2.04. The molecule has 0 unspecified atom stereocenters. The number of nitriles is 1. The van der Waals surface area contributed by atoms with Gasteiger partial charge in [-0.3, -0.25) is 4.79 Å². The van der Waals surface area contributed by atoms with Gasteiger partial charge >= 0.3 is 0 Å². The predicted molar refractivity (Wildman–Crippen MR) is 97.1 cm³/mol. The maximum absolute atomic E-state index is 13.3. The molecule has 0 radical (unpaired) electrons. The van der Waals surface area contributed by atoms with Crippen LogP contribution in [-0.4, -0.2) is 35.6 Å². The topological polar surface area (TPSA) is 53.3 Å². The van der Waals surface area contributed by atoms with E-state index in [4.69, 9.17) is 4.74 Å². The van der Waals surface area contributed by atoms with Gasteiger partial charge in [0.25, 0.3) is 5.91 Å². The monoisotopic (exact) mass is 334 g/mol. The molecule has 1 aliphatic heterocycles. The second-order valence-corrected chi connectivity index (χ2v) is 7.06. The largest absolute Gasteiger partial charge is 0.372 e. The first-order valence-corrected chi connectivity index (χ1v) is 8.46. The van der Waals surface area contributed by atoms with E-state index < -0.39 is 0 Å². The van der Waals surface area contributed by atoms with Crippen molar-refractivity contribution in [3.63, 3.8) is 0 Å². The average molecular weight is 334 g/mol. The molecule has 4 nitrogen and oxygen atoms in total. The van der Waals surface area contributed by atoms with E-state index >= 15 is 0 Å². The Kier molecular flexibility index (Phi) is 4.61. The quantitative estimate of drug-likeness (QED) is 0.838. The van der Waals surface area contributed by atoms with Crippen molar-refractivity contribution in [2.75, 3.05) is 13.2 Å². The lowest BCUT2D eigenvalue weighted by molar-refractivity contribution is -0.0979. The summed E-state index contributed by atoms with van der Waals surface area (Å²) in [6, 6.07) is 17.1. The summed E-state index contributed by atoms with van der Waals surface area (Å²) >= 11 is 0. The fourth-order valence-corrected chi connectivity index (χ4v) is 3.19. The van der Waals surface area contributed by atoms with Gasteiger partial charge in [-0.25, -0.2) is 0 Å². The fourth-order valence-electron chi connectivity index (χ4n) is 3.19. The first kappa shape index (κ1) is 17.2. The number of hydrogen-bond acceptors (Lipinski definition) is 3. The van der Waals surface area contributed by atoms with Crippen LogP contribution in [-0.2, 0) is 4.74 Å². The van der Waals surface area contributed by atoms with Crippen LogP contribution in [0, 0.1) is 11.3 Å². The van der Waals surface area contributed by atoms with Crippen LogP contribution in [0.1, 0.15) is 36.7 Å². The molecule has 3 rings (SSSR count). The highest BCUT2D eigenvalue weighted by Crippen LogP contribution is 2.30. The van der Waals surface area contributed by atoms with Crippen molar-refractivity contribution in [2.45, 2.75) is 32.4 Å². The van der Waals surface area contributed by atoms with Crippen LogP contribution in [0.15, 0.2) is 48.5 Å². The van der Waals surface area contributed by atoms with Gasteiger partial charge < -0.3 is 9.64 Å². The molecule has 0 bridgehead atoms. The maximum atomic E-state index is 13.3. The van der Waals surface area contributed by atoms with Gasteiger partial charge in [0, 0.05) is 17.7 Å². The number of ether oxygens (including phenoxy) is 1. The van der Waals surface area contributed by atoms with Crippen molar-refractivity contribution in [1.29, 1.82) is 5.26 Å². The number of hydrogen-bond donors (Lipinski definition) is 0. The molecule has 1 saturated heterocycles. The minimum Gasteiger partial charge on any atom is -0.372 e. The van der Waals surface area contributed by atoms with E-state index in [1.807, 2.05) is 68.1 Å². The Labute approximate surface area is 148 Å². The van der Waals surface area contributed by atoms with Crippen LogP contribution in [0.2, 0.25) is 0 Å². The molecule has 1 heterocycles. The van der Waals surface area contributed by atoms with Gasteiger partial charge in [0.15, 0.2) is 0 Å². The standard InChI is InChI=1S/C21H22N2O2/c1-15-13-25-21(2,3)14-23(15)20(24)19-11-7-6-10-18(19)17-9-5-4-8-16(17)12-22/h4-11,15H,13-14H2,1-3H3/t15-/m0/s1. The molecular formula is C21H22N2O2. The number of nitrogens with zero attached hydrogens (tertiary/aromatic N) is 2. The van der Waals surface area contributed by atoms with E-state index in [0.29, 0.717) is 24.3 Å². The lowest BCUT2D eigenvalue weighted by Crippen LogP contribution is -2.55. The maximum Gasteiger partial charge on any atom is 0.254 e. The molecule has 1 amide bonds. The summed E-state index contributed by atoms with van der Waals surface area (Å²) in [5.41, 5.74) is 2.41. The van der Waals surface area contributed by atoms with Crippen LogP contribution in [0.25, 0.3) is 11.1 Å². The molecular weight excluding hydrogens is 312 g/mol. The first-order valence-electron chi connectivity index (χ1n) is 8.46. The molecule has 0 N–H and O–H groups in total. The van der Waals surface area contributed by atoms with Gasteiger partial charge in [-0.15, -0.1) is 0 Å². The van der Waals surface area contributed by atoms with Crippen LogP contribution in [0.5, 0.6) is 0 Å². The second kappa shape index (κ2) is 6.70. The number of morpholine rings is 1. The van der Waals surface area contributed by atoms with Gasteiger partial charge in [-0.1, -0.05) is 36.4 Å². The number of benzene rings is 2. The van der Waals surface area contributed by atoms with Crippen molar-refractivity contribution >= 4 is 5.91 Å². The van der Waals surface area contributed by atoms with Crippen molar-refractivity contribution < 1.29 is 9.53 Å². The summed E-state index contributed by atoms with van der Waals surface area (Å²) in [6.07, 6.45) is 0. The zero-order valence-electron chi connectivity index (χ0n) is 14.8. The van der Waals surface area contributed by atoms with E-state index in [2.05, 4.69) is 6.07 Å². The van der Waals surface area contributed by atoms with Crippen molar-refractivity contribution in [3.05, 3.63) is 59.7 Å². The Morgan fingerprint density at radius 3 is 2.52 bits per heavy atom. The van der Waals surface area contributed by atoms with E-state index in [1.54, 1.807) is 6.07 Å². The third kappa shape index (κ3) is 3.42. The lowest BCUT2D eigenvalue weighted by atomic mass is 9.94. The average Bonchev–Trinajstić information content (AvgIpc) is 2.63. The Morgan fingerprint density at radius 1 is 1.16 bits per heavy atom. The van der Waals surface area contributed by atoms with Crippen LogP contribution in [0.4, 0.5) is 0 Å². The van der Waals surface area contributed by atoms with Gasteiger partial charge in [0.05, 0.1) is 29.9 Å². The number of carbonyl (C=O) groups excluding carboxylic acids is 1. The number of rotatable bonds is 2. The number of carbonyl (C=O) groups is 1. The second-order valence-electron chi connectivity index (χ2n) is 7.06. The lowest BCUT2D eigenvalue weighted by Gasteiger charge is -2.42. The smallest absolute Gasteiger partial charge is 0.254 e. The zero-order valence-corrected chi connectivity index (χ0v) is 14.8. The molecule has 2 aromatic carbocycles. The minimum atomic E-state index is -0.359. The third-order valence-corrected chi connectivity index (χ3v) is 4.55. The molecule has 0 spiro atoms. The van der Waals surface area contributed by atoms with Crippen molar-refractivity contribution in [1.82, 2.24) is 4.90 Å². The summed E-state index contributed by atoms with van der Waals surface area (Å²) < 4.78 is 5.81. The van der Waals surface area contributed by atoms with Gasteiger partial charge in [-0.05, 0) is 38.5 Å². The van der Waals surface area contributed by atoms with E-state index in [9.17, 15) is 10.1 Å². The predicted octanol–water partition coefficient (Wildman–Crippen LogP) is 3.86. The third-order valence-electron chi connectivity index (χ3n) is 4.55. The van der Waals surface area contributed by atoms with Crippen molar-refractivity contribution in [2.24, 2.45) is 0 Å². The highest BCUT2D eigenvalue weighted by Gasteiger charge is 2.35. The van der Waals surface area contributed by atoms with Gasteiger partial charge in [0.1, 0.15) is 0 Å². The molecule has 4 heteroatoms. The molecule has 1 aliphatic rings. The molecule has 1 fully saturated rings. The van der Waals surface area contributed by atoms with E-state index in [-0.39, 0.29) is 17.6 Å². The molecule has 1 atom stereocenters. The van der Waals surface area contributed by atoms with Crippen molar-refractivity contribution in [3.8, 4) is 17.2 Å². The number of amides is 1. The molecule has 0 aromatic heterocycles. The molecule has 0 saturated carbocycles. The highest BCUT2D eigenvalue weighted by atomic mass is 16.5. The summed E-state index contributed by atoms with van der Waals surface area (Å²) in [7, 11) is 0. The van der Waals surface area contributed by atoms with Gasteiger partial charge in [0.2, 0.25) is 0 Å². The molecule has 25 heavy (non-hydrogen) atoms. The van der Waals surface area contributed by atoms with E-state index in [1.165, 1.54) is 0 Å². The zero-order chi connectivity index (χ0) is 18.0. The highest BCUT2D eigenvalue weighted by molar-refractivity contribution is 6.01. The molecule has 128 valence electrons. The van der Waals surface area contributed by atoms with E-state index in [0.717, 1.165) is 11.1 Å². The Bertz CT molecular complexity index is 836. The molecule has 2 aromatic rings. The van der Waals surface area contributed by atoms with Crippen LogP contribution >= 0.6 is 0 Å². The van der Waals surface area contributed by atoms with Crippen LogP contribution < -0.4 is 0 Å². The summed E-state index contributed by atoms with van der Waals surface area (Å²) in [5, 5.41) is 9.41. The summed E-state index contributed by atoms with van der Waals surface area (Å²) in [5.74, 6) is -0.0211. The summed E-state index contributed by atoms with van der Waals surface area (Å²) in [6.45, 7) is 7.06. The fraction of sp³-hybridized carbons (Fsp3) is 0.333. The van der Waals surface area contributed by atoms with Crippen LogP contribution in [0.3, 0.4) is 0 Å². The normalized spacial score (nSPS) is 19.3. The SMILES string of the molecule is C[C@H]1COC(C)(C)CN1C(=O)c1ccccc1-c1ccccc1C#N. The Hall–Kier alpha value is -2.64. The minimum absolute atomic E-state index is 0.0137. The molecule has 0 aliphatic carbocycles.